The summed E-state index contributed by atoms with van der Waals surface area (Å²) in [6.07, 6.45) is 0.491. The van der Waals surface area contributed by atoms with Crippen LogP contribution in [0.2, 0.25) is 0 Å². The van der Waals surface area contributed by atoms with Crippen LogP contribution in [0.25, 0.3) is 0 Å². The second-order valence-electron chi connectivity index (χ2n) is 6.10. The molecule has 28 heavy (non-hydrogen) atoms. The molecule has 1 heterocycles. The van der Waals surface area contributed by atoms with E-state index in [4.69, 9.17) is 4.74 Å². The standard InChI is InChI=1S/C20H20N4O4/c1-28-13-18(25)21-14-7-9-15(10-8-14)22-20(27)17-11-12-19(26)24(23-17)16-5-3-2-4-6-16/h2-10H,11-13H2,1H3,(H,21,25)(H,22,27). The third-order valence-corrected chi connectivity index (χ3v) is 4.00. The van der Waals surface area contributed by atoms with E-state index < -0.39 is 0 Å². The van der Waals surface area contributed by atoms with Crippen LogP contribution in [0.1, 0.15) is 12.8 Å². The van der Waals surface area contributed by atoms with E-state index in [9.17, 15) is 14.4 Å². The van der Waals surface area contributed by atoms with Crippen LogP contribution in [-0.2, 0) is 19.1 Å². The summed E-state index contributed by atoms with van der Waals surface area (Å²) in [5, 5.41) is 10.9. The van der Waals surface area contributed by atoms with Gasteiger partial charge in [-0.15, -0.1) is 0 Å². The smallest absolute Gasteiger partial charge is 0.271 e. The zero-order chi connectivity index (χ0) is 19.9. The number of benzene rings is 2. The number of anilines is 3. The zero-order valence-corrected chi connectivity index (χ0v) is 15.3. The maximum Gasteiger partial charge on any atom is 0.271 e. The Bertz CT molecular complexity index is 894. The number of methoxy groups -OCH3 is 1. The van der Waals surface area contributed by atoms with Crippen molar-refractivity contribution >= 4 is 40.5 Å². The molecule has 0 aliphatic carbocycles. The van der Waals surface area contributed by atoms with Gasteiger partial charge in [0.25, 0.3) is 5.91 Å². The van der Waals surface area contributed by atoms with Crippen molar-refractivity contribution in [1.29, 1.82) is 0 Å². The highest BCUT2D eigenvalue weighted by Crippen LogP contribution is 2.20. The van der Waals surface area contributed by atoms with Crippen LogP contribution in [0.15, 0.2) is 59.7 Å². The molecule has 0 saturated carbocycles. The second-order valence-corrected chi connectivity index (χ2v) is 6.10. The number of hydrazone groups is 1. The zero-order valence-electron chi connectivity index (χ0n) is 15.3. The number of nitrogens with one attached hydrogen (secondary N) is 2. The van der Waals surface area contributed by atoms with Crippen molar-refractivity contribution in [3.63, 3.8) is 0 Å². The van der Waals surface area contributed by atoms with Crippen LogP contribution in [-0.4, -0.2) is 37.1 Å². The van der Waals surface area contributed by atoms with Gasteiger partial charge in [-0.25, -0.2) is 5.01 Å². The van der Waals surface area contributed by atoms with Gasteiger partial charge in [-0.05, 0) is 36.4 Å². The molecule has 144 valence electrons. The Kier molecular flexibility index (Phi) is 6.13. The molecule has 0 spiro atoms. The molecule has 2 aromatic carbocycles. The Hall–Kier alpha value is -3.52. The highest BCUT2D eigenvalue weighted by atomic mass is 16.5. The number of ether oxygens (including phenoxy) is 1. The fourth-order valence-corrected chi connectivity index (χ4v) is 2.66. The van der Waals surface area contributed by atoms with E-state index in [2.05, 4.69) is 15.7 Å². The van der Waals surface area contributed by atoms with Crippen molar-refractivity contribution in [2.45, 2.75) is 12.8 Å². The first-order chi connectivity index (χ1) is 13.6. The van der Waals surface area contributed by atoms with Crippen molar-refractivity contribution in [3.05, 3.63) is 54.6 Å². The monoisotopic (exact) mass is 380 g/mol. The van der Waals surface area contributed by atoms with E-state index in [-0.39, 0.29) is 42.9 Å². The van der Waals surface area contributed by atoms with E-state index in [1.807, 2.05) is 6.07 Å². The van der Waals surface area contributed by atoms with Crippen molar-refractivity contribution in [2.24, 2.45) is 5.10 Å². The summed E-state index contributed by atoms with van der Waals surface area (Å²) >= 11 is 0. The van der Waals surface area contributed by atoms with Crippen LogP contribution in [0.4, 0.5) is 17.1 Å². The van der Waals surface area contributed by atoms with Gasteiger partial charge in [0, 0.05) is 31.3 Å². The molecule has 3 rings (SSSR count). The molecule has 2 N–H and O–H groups in total. The fraction of sp³-hybridized carbons (Fsp3) is 0.200. The molecule has 0 atom stereocenters. The number of carbonyl (C=O) groups is 3. The maximum absolute atomic E-state index is 12.5. The van der Waals surface area contributed by atoms with Crippen molar-refractivity contribution in [2.75, 3.05) is 29.4 Å². The van der Waals surface area contributed by atoms with Crippen molar-refractivity contribution < 1.29 is 19.1 Å². The van der Waals surface area contributed by atoms with Gasteiger partial charge in [-0.2, -0.15) is 5.10 Å². The minimum Gasteiger partial charge on any atom is -0.375 e. The summed E-state index contributed by atoms with van der Waals surface area (Å²) in [5.74, 6) is -0.787. The second kappa shape index (κ2) is 8.92. The highest BCUT2D eigenvalue weighted by Gasteiger charge is 2.25. The molecule has 0 unspecified atom stereocenters. The Morgan fingerprint density at radius 1 is 1.00 bits per heavy atom. The third kappa shape index (κ3) is 4.80. The normalized spacial score (nSPS) is 13.7. The molecular weight excluding hydrogens is 360 g/mol. The molecule has 1 aliphatic heterocycles. The molecule has 0 aromatic heterocycles. The minimum atomic E-state index is -0.371. The first-order valence-electron chi connectivity index (χ1n) is 8.72. The number of rotatable bonds is 6. The lowest BCUT2D eigenvalue weighted by Crippen LogP contribution is -2.36. The van der Waals surface area contributed by atoms with Gasteiger partial charge in [0.1, 0.15) is 12.3 Å². The molecule has 8 nitrogen and oxygen atoms in total. The number of nitrogens with zero attached hydrogens (tertiary/aromatic N) is 2. The summed E-state index contributed by atoms with van der Waals surface area (Å²) in [4.78, 5) is 36.2. The number of hydrogen-bond acceptors (Lipinski definition) is 5. The Labute approximate surface area is 162 Å². The van der Waals surface area contributed by atoms with Gasteiger partial charge in [-0.1, -0.05) is 18.2 Å². The number of carbonyl (C=O) groups excluding carboxylic acids is 3. The molecule has 3 amide bonds. The molecule has 0 bridgehead atoms. The Balaban J connectivity index is 1.67. The van der Waals surface area contributed by atoms with Crippen LogP contribution in [0.5, 0.6) is 0 Å². The third-order valence-electron chi connectivity index (χ3n) is 4.00. The lowest BCUT2D eigenvalue weighted by atomic mass is 10.1. The SMILES string of the molecule is COCC(=O)Nc1ccc(NC(=O)C2=NN(c3ccccc3)C(=O)CC2)cc1. The first kappa shape index (κ1) is 19.2. The average molecular weight is 380 g/mol. The largest absolute Gasteiger partial charge is 0.375 e. The lowest BCUT2D eigenvalue weighted by Gasteiger charge is -2.23. The van der Waals surface area contributed by atoms with Gasteiger partial charge in [0.2, 0.25) is 11.8 Å². The van der Waals surface area contributed by atoms with Crippen molar-refractivity contribution in [3.8, 4) is 0 Å². The summed E-state index contributed by atoms with van der Waals surface area (Å²) in [6, 6.07) is 15.7. The summed E-state index contributed by atoms with van der Waals surface area (Å²) in [6.45, 7) is -0.0328. The molecule has 0 saturated heterocycles. The van der Waals surface area contributed by atoms with Gasteiger partial charge >= 0.3 is 0 Å². The molecule has 2 aromatic rings. The number of para-hydroxylation sites is 1. The van der Waals surface area contributed by atoms with Gasteiger partial charge in [0.05, 0.1) is 5.69 Å². The van der Waals surface area contributed by atoms with Crippen molar-refractivity contribution in [1.82, 2.24) is 0 Å². The van der Waals surface area contributed by atoms with E-state index in [1.54, 1.807) is 48.5 Å². The predicted octanol–water partition coefficient (Wildman–Crippen LogP) is 2.39. The highest BCUT2D eigenvalue weighted by molar-refractivity contribution is 6.44. The van der Waals surface area contributed by atoms with Crippen LogP contribution in [0.3, 0.4) is 0 Å². The van der Waals surface area contributed by atoms with E-state index in [1.165, 1.54) is 12.1 Å². The fourth-order valence-electron chi connectivity index (χ4n) is 2.66. The van der Waals surface area contributed by atoms with Gasteiger partial charge in [0.15, 0.2) is 0 Å². The summed E-state index contributed by atoms with van der Waals surface area (Å²) < 4.78 is 4.76. The molecule has 8 heteroatoms. The molecule has 0 radical (unpaired) electrons. The topological polar surface area (TPSA) is 100 Å². The minimum absolute atomic E-state index is 0.0328. The van der Waals surface area contributed by atoms with Crippen LogP contribution >= 0.6 is 0 Å². The Morgan fingerprint density at radius 2 is 1.64 bits per heavy atom. The number of hydrogen-bond donors (Lipinski definition) is 2. The molecular formula is C20H20N4O4. The van der Waals surface area contributed by atoms with E-state index >= 15 is 0 Å². The first-order valence-corrected chi connectivity index (χ1v) is 8.72. The van der Waals surface area contributed by atoms with Gasteiger partial charge in [-0.3, -0.25) is 14.4 Å². The quantitative estimate of drug-likeness (QED) is 0.804. The predicted molar refractivity (Wildman–Crippen MR) is 106 cm³/mol. The maximum atomic E-state index is 12.5. The van der Waals surface area contributed by atoms with Gasteiger partial charge < -0.3 is 15.4 Å². The average Bonchev–Trinajstić information content (AvgIpc) is 2.70. The van der Waals surface area contributed by atoms with E-state index in [0.29, 0.717) is 17.1 Å². The summed E-state index contributed by atoms with van der Waals surface area (Å²) in [7, 11) is 1.44. The van der Waals surface area contributed by atoms with Crippen LogP contribution < -0.4 is 15.6 Å². The number of amides is 3. The molecule has 0 fully saturated rings. The van der Waals surface area contributed by atoms with E-state index in [0.717, 1.165) is 0 Å². The van der Waals surface area contributed by atoms with Crippen LogP contribution in [0, 0.1) is 0 Å². The lowest BCUT2D eigenvalue weighted by molar-refractivity contribution is -0.120. The Morgan fingerprint density at radius 3 is 2.29 bits per heavy atom. The molecule has 1 aliphatic rings. The summed E-state index contributed by atoms with van der Waals surface area (Å²) in [5.41, 5.74) is 2.05.